The molecule has 0 saturated carbocycles. The molecule has 14 heteroatoms. The van der Waals surface area contributed by atoms with Crippen molar-refractivity contribution >= 4 is 62.0 Å². The van der Waals surface area contributed by atoms with Crippen molar-refractivity contribution in [2.75, 3.05) is 39.4 Å². The minimum Gasteiger partial charge on any atom is -0.378 e. The molecule has 3 amide bonds. The monoisotopic (exact) mass is 560 g/mol. The molecular formula is C21H25ClN4O6S3. The molecule has 0 radical (unpaired) electrons. The summed E-state index contributed by atoms with van der Waals surface area (Å²) in [5.74, 6) is -1.62. The molecule has 4 heterocycles. The number of ether oxygens (including phenoxy) is 1. The molecule has 4 rings (SSSR count). The number of sulfonamides is 1. The van der Waals surface area contributed by atoms with Crippen LogP contribution in [0.5, 0.6) is 0 Å². The third-order valence-electron chi connectivity index (χ3n) is 5.98. The van der Waals surface area contributed by atoms with Crippen molar-refractivity contribution in [3.8, 4) is 9.75 Å². The van der Waals surface area contributed by atoms with Crippen LogP contribution in [0.4, 0.5) is 0 Å². The third kappa shape index (κ3) is 5.39. The summed E-state index contributed by atoms with van der Waals surface area (Å²) in [6, 6.07) is 4.73. The topological polar surface area (TPSA) is 130 Å². The summed E-state index contributed by atoms with van der Waals surface area (Å²) < 4.78 is 33.8. The third-order valence-corrected chi connectivity index (χ3v) is 10.8. The lowest BCUT2D eigenvalue weighted by atomic mass is 10.2. The first-order valence-electron chi connectivity index (χ1n) is 10.9. The standard InChI is InChI=1S/C21H25ClN4O6S3/c1-13(20(28)24-8-10-32-11-9-24)25-7-6-14(21(25)29)26(12-18(23)27)35(30,31)19-5-3-16(34-19)15-2-4-17(22)33-15/h2-5,13-14H,6-12H2,1H3,(H2,23,27)/t13-,14-/m0/s1. The maximum absolute atomic E-state index is 13.6. The molecule has 2 aliphatic heterocycles. The van der Waals surface area contributed by atoms with Gasteiger partial charge >= 0.3 is 0 Å². The Kier molecular flexibility index (Phi) is 7.83. The van der Waals surface area contributed by atoms with Gasteiger partial charge in [0.15, 0.2) is 0 Å². The molecule has 2 aliphatic rings. The van der Waals surface area contributed by atoms with Crippen molar-refractivity contribution in [3.05, 3.63) is 28.6 Å². The van der Waals surface area contributed by atoms with Crippen LogP contribution in [0.2, 0.25) is 4.34 Å². The van der Waals surface area contributed by atoms with Gasteiger partial charge in [0.2, 0.25) is 17.7 Å². The molecule has 0 bridgehead atoms. The van der Waals surface area contributed by atoms with Gasteiger partial charge in [-0.1, -0.05) is 11.6 Å². The number of hydrogen-bond donors (Lipinski definition) is 1. The number of morpholine rings is 1. The van der Waals surface area contributed by atoms with Crippen molar-refractivity contribution < 1.29 is 27.5 Å². The lowest BCUT2D eigenvalue weighted by Crippen LogP contribution is -2.53. The second-order valence-electron chi connectivity index (χ2n) is 8.19. The van der Waals surface area contributed by atoms with Crippen LogP contribution < -0.4 is 5.73 Å². The van der Waals surface area contributed by atoms with Gasteiger partial charge < -0.3 is 20.3 Å². The SMILES string of the molecule is C[C@@H](C(=O)N1CCOCC1)N1CC[C@H](N(CC(N)=O)S(=O)(=O)c2ccc(-c3ccc(Cl)s3)s2)C1=O. The second kappa shape index (κ2) is 10.5. The highest BCUT2D eigenvalue weighted by molar-refractivity contribution is 7.91. The summed E-state index contributed by atoms with van der Waals surface area (Å²) in [5, 5.41) is 0. The van der Waals surface area contributed by atoms with E-state index in [9.17, 15) is 22.8 Å². The van der Waals surface area contributed by atoms with Gasteiger partial charge in [-0.05, 0) is 37.6 Å². The first kappa shape index (κ1) is 26.0. The largest absolute Gasteiger partial charge is 0.378 e. The maximum Gasteiger partial charge on any atom is 0.253 e. The number of hydrogen-bond acceptors (Lipinski definition) is 8. The summed E-state index contributed by atoms with van der Waals surface area (Å²) >= 11 is 8.34. The van der Waals surface area contributed by atoms with Crippen LogP contribution in [0.15, 0.2) is 28.5 Å². The van der Waals surface area contributed by atoms with Gasteiger partial charge in [-0.3, -0.25) is 14.4 Å². The molecular weight excluding hydrogens is 536 g/mol. The molecule has 0 unspecified atom stereocenters. The van der Waals surface area contributed by atoms with Crippen LogP contribution in [0, 0.1) is 0 Å². The summed E-state index contributed by atoms with van der Waals surface area (Å²) in [5.41, 5.74) is 5.37. The van der Waals surface area contributed by atoms with Crippen LogP contribution in [0.25, 0.3) is 9.75 Å². The van der Waals surface area contributed by atoms with E-state index in [4.69, 9.17) is 22.1 Å². The quantitative estimate of drug-likeness (QED) is 0.520. The van der Waals surface area contributed by atoms with E-state index in [0.717, 1.165) is 20.5 Å². The molecule has 2 aromatic heterocycles. The normalized spacial score (nSPS) is 20.0. The highest BCUT2D eigenvalue weighted by atomic mass is 35.5. The number of amides is 3. The molecule has 0 spiro atoms. The molecule has 190 valence electrons. The minimum absolute atomic E-state index is 0.0121. The van der Waals surface area contributed by atoms with Gasteiger partial charge in [0.1, 0.15) is 16.3 Å². The van der Waals surface area contributed by atoms with Crippen LogP contribution in [0.3, 0.4) is 0 Å². The average Bonchev–Trinajstić information content (AvgIpc) is 3.57. The number of primary amides is 1. The Morgan fingerprint density at radius 2 is 1.83 bits per heavy atom. The van der Waals surface area contributed by atoms with E-state index >= 15 is 0 Å². The van der Waals surface area contributed by atoms with Crippen LogP contribution in [-0.2, 0) is 29.1 Å². The number of likely N-dealkylation sites (tertiary alicyclic amines) is 1. The van der Waals surface area contributed by atoms with Crippen molar-refractivity contribution in [1.29, 1.82) is 0 Å². The molecule has 2 atom stereocenters. The van der Waals surface area contributed by atoms with E-state index in [1.165, 1.54) is 22.3 Å². The van der Waals surface area contributed by atoms with Gasteiger partial charge in [-0.15, -0.1) is 22.7 Å². The predicted octanol–water partition coefficient (Wildman–Crippen LogP) is 1.45. The molecule has 35 heavy (non-hydrogen) atoms. The van der Waals surface area contributed by atoms with E-state index in [1.54, 1.807) is 30.0 Å². The zero-order chi connectivity index (χ0) is 25.3. The Labute approximate surface area is 216 Å². The Morgan fingerprint density at radius 3 is 2.46 bits per heavy atom. The highest BCUT2D eigenvalue weighted by Crippen LogP contribution is 2.38. The number of nitrogens with zero attached hydrogens (tertiary/aromatic N) is 3. The summed E-state index contributed by atoms with van der Waals surface area (Å²) in [4.78, 5) is 42.6. The number of thiophene rings is 2. The lowest BCUT2D eigenvalue weighted by Gasteiger charge is -2.33. The fraction of sp³-hybridized carbons (Fsp3) is 0.476. The number of rotatable bonds is 8. The van der Waals surface area contributed by atoms with E-state index in [0.29, 0.717) is 35.5 Å². The van der Waals surface area contributed by atoms with E-state index in [1.807, 2.05) is 0 Å². The van der Waals surface area contributed by atoms with Gasteiger partial charge in [0.25, 0.3) is 10.0 Å². The van der Waals surface area contributed by atoms with Crippen molar-refractivity contribution in [3.63, 3.8) is 0 Å². The summed E-state index contributed by atoms with van der Waals surface area (Å²) in [6.45, 7) is 2.91. The Balaban J connectivity index is 1.56. The molecule has 2 fully saturated rings. The smallest absolute Gasteiger partial charge is 0.253 e. The number of carbonyl (C=O) groups excluding carboxylic acids is 3. The fourth-order valence-corrected chi connectivity index (χ4v) is 8.34. The number of carbonyl (C=O) groups is 3. The molecule has 2 saturated heterocycles. The number of halogens is 1. The van der Waals surface area contributed by atoms with Gasteiger partial charge in [-0.2, -0.15) is 4.31 Å². The lowest BCUT2D eigenvalue weighted by molar-refractivity contribution is -0.146. The first-order chi connectivity index (χ1) is 16.6. The molecule has 2 N–H and O–H groups in total. The van der Waals surface area contributed by atoms with Crippen molar-refractivity contribution in [2.24, 2.45) is 5.73 Å². The fourth-order valence-electron chi connectivity index (χ4n) is 4.19. The first-order valence-corrected chi connectivity index (χ1v) is 14.4. The van der Waals surface area contributed by atoms with Crippen LogP contribution in [-0.4, -0.2) is 91.7 Å². The zero-order valence-corrected chi connectivity index (χ0v) is 22.1. The predicted molar refractivity (Wildman–Crippen MR) is 133 cm³/mol. The molecule has 0 aromatic carbocycles. The Morgan fingerprint density at radius 1 is 1.17 bits per heavy atom. The van der Waals surface area contributed by atoms with Crippen molar-refractivity contribution in [2.45, 2.75) is 29.6 Å². The van der Waals surface area contributed by atoms with Crippen molar-refractivity contribution in [1.82, 2.24) is 14.1 Å². The van der Waals surface area contributed by atoms with Gasteiger partial charge in [-0.25, -0.2) is 8.42 Å². The average molecular weight is 561 g/mol. The maximum atomic E-state index is 13.6. The van der Waals surface area contributed by atoms with Gasteiger partial charge in [0.05, 0.1) is 24.1 Å². The second-order valence-corrected chi connectivity index (χ2v) is 13.1. The Hall–Kier alpha value is -2.03. The summed E-state index contributed by atoms with van der Waals surface area (Å²) in [7, 11) is -4.22. The molecule has 10 nitrogen and oxygen atoms in total. The van der Waals surface area contributed by atoms with E-state index in [2.05, 4.69) is 0 Å². The van der Waals surface area contributed by atoms with Gasteiger partial charge in [0, 0.05) is 29.4 Å². The Bertz CT molecular complexity index is 1220. The molecule has 2 aromatic rings. The van der Waals surface area contributed by atoms with Crippen LogP contribution in [0.1, 0.15) is 13.3 Å². The summed E-state index contributed by atoms with van der Waals surface area (Å²) in [6.07, 6.45) is 0.144. The minimum atomic E-state index is -4.22. The highest BCUT2D eigenvalue weighted by Gasteiger charge is 2.45. The number of nitrogens with two attached hydrogens (primary N) is 1. The van der Waals surface area contributed by atoms with E-state index in [-0.39, 0.29) is 23.1 Å². The van der Waals surface area contributed by atoms with E-state index < -0.39 is 40.5 Å². The van der Waals surface area contributed by atoms with Crippen LogP contribution >= 0.6 is 34.3 Å². The molecule has 0 aliphatic carbocycles. The zero-order valence-electron chi connectivity index (χ0n) is 18.9.